The molecule has 2 N–H and O–H groups in total. The Hall–Kier alpha value is -4.17. The maximum absolute atomic E-state index is 12.8. The van der Waals surface area contributed by atoms with Crippen LogP contribution in [0.15, 0.2) is 105 Å². The molecule has 0 aliphatic heterocycles. The van der Waals surface area contributed by atoms with Crippen LogP contribution in [0.1, 0.15) is 6.92 Å². The van der Waals surface area contributed by atoms with Gasteiger partial charge in [0, 0.05) is 5.69 Å². The highest BCUT2D eigenvalue weighted by Gasteiger charge is 2.22. The monoisotopic (exact) mass is 471 g/mol. The molecule has 2 aromatic carbocycles. The van der Waals surface area contributed by atoms with Crippen molar-refractivity contribution < 1.29 is 18.4 Å². The molecular weight excluding hydrogens is 450 g/mol. The van der Waals surface area contributed by atoms with Crippen molar-refractivity contribution in [2.45, 2.75) is 17.3 Å². The Morgan fingerprint density at radius 2 is 1.59 bits per heavy atom. The van der Waals surface area contributed by atoms with E-state index in [2.05, 4.69) is 15.3 Å². The fourth-order valence-corrected chi connectivity index (χ4v) is 4.10. The second kappa shape index (κ2) is 9.76. The Morgan fingerprint density at radius 1 is 0.912 bits per heavy atom. The number of furan rings is 2. The third-order valence-corrected chi connectivity index (χ3v) is 5.95. The van der Waals surface area contributed by atoms with E-state index in [1.807, 2.05) is 73.7 Å². The number of ether oxygens (including phenoxy) is 1. The van der Waals surface area contributed by atoms with Gasteiger partial charge in [-0.15, -0.1) is 0 Å². The summed E-state index contributed by atoms with van der Waals surface area (Å²) in [5, 5.41) is 3.12. The number of anilines is 1. The Kier molecular flexibility index (Phi) is 6.22. The van der Waals surface area contributed by atoms with Gasteiger partial charge in [0.05, 0.1) is 17.8 Å². The van der Waals surface area contributed by atoms with Crippen molar-refractivity contribution in [3.05, 3.63) is 91.4 Å². The second-order valence-corrected chi connectivity index (χ2v) is 8.74. The standard InChI is InChI=1S/C26H21N3O4S/c1-17(25(30)27-18-11-13-20(14-12-18)33-19-7-3-2-4-8-19)34-26-28-23(21-9-5-15-31-21)24(29-26)22-10-6-16-32-22/h2-17H,1H3,(H,27,30)(H,28,29). The fourth-order valence-electron chi connectivity index (χ4n) is 3.29. The van der Waals surface area contributed by atoms with E-state index in [0.29, 0.717) is 39.5 Å². The maximum Gasteiger partial charge on any atom is 0.237 e. The number of para-hydroxylation sites is 1. The molecule has 0 saturated carbocycles. The van der Waals surface area contributed by atoms with Crippen LogP contribution < -0.4 is 10.1 Å². The maximum atomic E-state index is 12.8. The summed E-state index contributed by atoms with van der Waals surface area (Å²) in [5.41, 5.74) is 2.01. The van der Waals surface area contributed by atoms with Crippen LogP contribution in [0.3, 0.4) is 0 Å². The van der Waals surface area contributed by atoms with E-state index in [1.54, 1.807) is 24.7 Å². The van der Waals surface area contributed by atoms with Gasteiger partial charge in [0.15, 0.2) is 16.7 Å². The van der Waals surface area contributed by atoms with Gasteiger partial charge in [0.2, 0.25) is 5.91 Å². The molecule has 0 aliphatic rings. The number of nitrogens with one attached hydrogen (secondary N) is 2. The van der Waals surface area contributed by atoms with E-state index in [9.17, 15) is 4.79 Å². The molecule has 1 unspecified atom stereocenters. The van der Waals surface area contributed by atoms with Gasteiger partial charge in [0.1, 0.15) is 22.9 Å². The smallest absolute Gasteiger partial charge is 0.237 e. The molecule has 170 valence electrons. The highest BCUT2D eigenvalue weighted by molar-refractivity contribution is 8.00. The lowest BCUT2D eigenvalue weighted by atomic mass is 10.2. The molecule has 0 radical (unpaired) electrons. The topological polar surface area (TPSA) is 93.3 Å². The summed E-state index contributed by atoms with van der Waals surface area (Å²) in [6.07, 6.45) is 3.19. The summed E-state index contributed by atoms with van der Waals surface area (Å²) in [6, 6.07) is 24.1. The van der Waals surface area contributed by atoms with E-state index < -0.39 is 5.25 Å². The van der Waals surface area contributed by atoms with Crippen LogP contribution in [0.5, 0.6) is 11.5 Å². The Labute approximate surface area is 200 Å². The molecular formula is C26H21N3O4S. The van der Waals surface area contributed by atoms with Crippen LogP contribution in [0.2, 0.25) is 0 Å². The minimum Gasteiger partial charge on any atom is -0.463 e. The molecule has 0 bridgehead atoms. The summed E-state index contributed by atoms with van der Waals surface area (Å²) in [7, 11) is 0. The number of carbonyl (C=O) groups excluding carboxylic acids is 1. The Balaban J connectivity index is 1.25. The van der Waals surface area contributed by atoms with Gasteiger partial charge in [-0.25, -0.2) is 4.98 Å². The number of nitrogens with zero attached hydrogens (tertiary/aromatic N) is 1. The molecule has 5 rings (SSSR count). The first-order chi connectivity index (χ1) is 16.7. The lowest BCUT2D eigenvalue weighted by molar-refractivity contribution is -0.115. The van der Waals surface area contributed by atoms with E-state index in [1.165, 1.54) is 11.8 Å². The van der Waals surface area contributed by atoms with Crippen LogP contribution in [0.25, 0.3) is 22.9 Å². The highest BCUT2D eigenvalue weighted by Crippen LogP contribution is 2.34. The molecule has 1 amide bonds. The predicted molar refractivity (Wildman–Crippen MR) is 131 cm³/mol. The van der Waals surface area contributed by atoms with Gasteiger partial charge in [-0.2, -0.15) is 0 Å². The van der Waals surface area contributed by atoms with Crippen molar-refractivity contribution in [3.63, 3.8) is 0 Å². The first-order valence-electron chi connectivity index (χ1n) is 10.6. The van der Waals surface area contributed by atoms with Gasteiger partial charge in [0.25, 0.3) is 0 Å². The summed E-state index contributed by atoms with van der Waals surface area (Å²) >= 11 is 1.32. The molecule has 5 aromatic rings. The molecule has 8 heteroatoms. The fraction of sp³-hybridized carbons (Fsp3) is 0.0769. The third-order valence-electron chi connectivity index (χ3n) is 4.96. The molecule has 0 aliphatic carbocycles. The van der Waals surface area contributed by atoms with E-state index in [4.69, 9.17) is 13.6 Å². The number of hydrogen-bond donors (Lipinski definition) is 2. The highest BCUT2D eigenvalue weighted by atomic mass is 32.2. The number of carbonyl (C=O) groups is 1. The number of H-pyrrole nitrogens is 1. The third kappa shape index (κ3) is 4.92. The molecule has 3 aromatic heterocycles. The van der Waals surface area contributed by atoms with Crippen LogP contribution in [0.4, 0.5) is 5.69 Å². The zero-order chi connectivity index (χ0) is 23.3. The molecule has 0 saturated heterocycles. The zero-order valence-corrected chi connectivity index (χ0v) is 19.0. The number of thioether (sulfide) groups is 1. The number of amides is 1. The Morgan fingerprint density at radius 3 is 2.26 bits per heavy atom. The summed E-state index contributed by atoms with van der Waals surface area (Å²) in [6.45, 7) is 1.83. The molecule has 0 fully saturated rings. The summed E-state index contributed by atoms with van der Waals surface area (Å²) < 4.78 is 16.9. The second-order valence-electron chi connectivity index (χ2n) is 7.41. The molecule has 3 heterocycles. The molecule has 34 heavy (non-hydrogen) atoms. The van der Waals surface area contributed by atoms with Crippen molar-refractivity contribution in [2.75, 3.05) is 5.32 Å². The average molecular weight is 472 g/mol. The van der Waals surface area contributed by atoms with Crippen LogP contribution >= 0.6 is 11.8 Å². The normalized spacial score (nSPS) is 11.8. The first-order valence-corrected chi connectivity index (χ1v) is 11.5. The first kappa shape index (κ1) is 21.7. The van der Waals surface area contributed by atoms with Gasteiger partial charge in [-0.3, -0.25) is 4.79 Å². The number of aromatic amines is 1. The van der Waals surface area contributed by atoms with Crippen LogP contribution in [0, 0.1) is 0 Å². The Bertz CT molecular complexity index is 1290. The largest absolute Gasteiger partial charge is 0.463 e. The average Bonchev–Trinajstić information content (AvgIpc) is 3.62. The van der Waals surface area contributed by atoms with Gasteiger partial charge < -0.3 is 23.9 Å². The minimum atomic E-state index is -0.403. The van der Waals surface area contributed by atoms with Crippen molar-refractivity contribution in [2.24, 2.45) is 0 Å². The minimum absolute atomic E-state index is 0.141. The van der Waals surface area contributed by atoms with Crippen molar-refractivity contribution in [1.29, 1.82) is 0 Å². The van der Waals surface area contributed by atoms with Crippen LogP contribution in [-0.4, -0.2) is 21.1 Å². The van der Waals surface area contributed by atoms with Gasteiger partial charge in [-0.05, 0) is 67.6 Å². The zero-order valence-electron chi connectivity index (χ0n) is 18.2. The quantitative estimate of drug-likeness (QED) is 0.241. The number of rotatable bonds is 8. The lowest BCUT2D eigenvalue weighted by Crippen LogP contribution is -2.22. The van der Waals surface area contributed by atoms with E-state index >= 15 is 0 Å². The predicted octanol–water partition coefficient (Wildman–Crippen LogP) is 6.84. The van der Waals surface area contributed by atoms with Crippen molar-refractivity contribution in [1.82, 2.24) is 9.97 Å². The number of benzene rings is 2. The van der Waals surface area contributed by atoms with Gasteiger partial charge in [-0.1, -0.05) is 30.0 Å². The van der Waals surface area contributed by atoms with Crippen molar-refractivity contribution >= 4 is 23.4 Å². The van der Waals surface area contributed by atoms with Crippen LogP contribution in [-0.2, 0) is 4.79 Å². The molecule has 7 nitrogen and oxygen atoms in total. The van der Waals surface area contributed by atoms with Crippen molar-refractivity contribution in [3.8, 4) is 34.4 Å². The van der Waals surface area contributed by atoms with Gasteiger partial charge >= 0.3 is 0 Å². The van der Waals surface area contributed by atoms with E-state index in [-0.39, 0.29) is 5.91 Å². The lowest BCUT2D eigenvalue weighted by Gasteiger charge is -2.11. The molecule has 0 spiro atoms. The summed E-state index contributed by atoms with van der Waals surface area (Å²) in [5.74, 6) is 2.56. The summed E-state index contributed by atoms with van der Waals surface area (Å²) in [4.78, 5) is 20.7. The number of hydrogen-bond acceptors (Lipinski definition) is 6. The number of imidazole rings is 1. The SMILES string of the molecule is CC(Sc1nc(-c2ccco2)c(-c2ccco2)[nH]1)C(=O)Nc1ccc(Oc2ccccc2)cc1. The molecule has 1 atom stereocenters. The van der Waals surface area contributed by atoms with E-state index in [0.717, 1.165) is 5.75 Å². The number of aromatic nitrogens is 2.